The van der Waals surface area contributed by atoms with Gasteiger partial charge in [-0.25, -0.2) is 0 Å². The Balaban J connectivity index is 1.75. The first kappa shape index (κ1) is 11.3. The Morgan fingerprint density at radius 3 is 3.17 bits per heavy atom. The third kappa shape index (κ3) is 2.24. The number of aliphatic hydroxyl groups excluding tert-OH is 1. The van der Waals surface area contributed by atoms with E-state index < -0.39 is 0 Å². The molecule has 4 heteroatoms. The first-order valence-electron chi connectivity index (χ1n) is 6.16. The average Bonchev–Trinajstić information content (AvgIpc) is 2.90. The van der Waals surface area contributed by atoms with Crippen LogP contribution in [0.4, 0.5) is 0 Å². The maximum atomic E-state index is 9.95. The minimum Gasteiger partial charge on any atom is -0.486 e. The second-order valence-corrected chi connectivity index (χ2v) is 4.54. The average molecular weight is 245 g/mol. The SMILES string of the molecule is OC1CCCc2ccc(OCc3ccno3)cc21. The molecule has 1 aromatic carbocycles. The highest BCUT2D eigenvalue weighted by Gasteiger charge is 2.18. The van der Waals surface area contributed by atoms with Gasteiger partial charge in [0.15, 0.2) is 5.76 Å². The van der Waals surface area contributed by atoms with Crippen molar-refractivity contribution in [2.45, 2.75) is 32.0 Å². The van der Waals surface area contributed by atoms with Crippen LogP contribution in [0.15, 0.2) is 35.0 Å². The molecular weight excluding hydrogens is 230 g/mol. The molecule has 1 atom stereocenters. The van der Waals surface area contributed by atoms with Gasteiger partial charge in [0.1, 0.15) is 12.4 Å². The molecule has 1 aliphatic rings. The van der Waals surface area contributed by atoms with Crippen LogP contribution in [-0.2, 0) is 13.0 Å². The molecular formula is C14H15NO3. The van der Waals surface area contributed by atoms with Gasteiger partial charge in [0.25, 0.3) is 0 Å². The number of hydrogen-bond acceptors (Lipinski definition) is 4. The summed E-state index contributed by atoms with van der Waals surface area (Å²) in [5.74, 6) is 1.44. The minimum absolute atomic E-state index is 0.356. The lowest BCUT2D eigenvalue weighted by molar-refractivity contribution is 0.155. The third-order valence-corrected chi connectivity index (χ3v) is 3.27. The highest BCUT2D eigenvalue weighted by molar-refractivity contribution is 5.38. The van der Waals surface area contributed by atoms with Crippen LogP contribution in [0.5, 0.6) is 5.75 Å². The molecule has 1 aromatic heterocycles. The molecule has 0 bridgehead atoms. The van der Waals surface area contributed by atoms with Crippen LogP contribution in [0.3, 0.4) is 0 Å². The summed E-state index contributed by atoms with van der Waals surface area (Å²) in [4.78, 5) is 0. The fraction of sp³-hybridized carbons (Fsp3) is 0.357. The lowest BCUT2D eigenvalue weighted by Gasteiger charge is -2.21. The predicted molar refractivity (Wildman–Crippen MR) is 65.2 cm³/mol. The Morgan fingerprint density at radius 1 is 1.39 bits per heavy atom. The van der Waals surface area contributed by atoms with Crippen molar-refractivity contribution in [2.75, 3.05) is 0 Å². The standard InChI is InChI=1S/C14H15NO3/c16-14-3-1-2-10-4-5-11(8-13(10)14)17-9-12-6-7-15-18-12/h4-8,14,16H,1-3,9H2. The fourth-order valence-corrected chi connectivity index (χ4v) is 2.31. The van der Waals surface area contributed by atoms with Crippen LogP contribution < -0.4 is 4.74 Å². The molecule has 4 nitrogen and oxygen atoms in total. The van der Waals surface area contributed by atoms with Gasteiger partial charge in [-0.3, -0.25) is 0 Å². The molecule has 0 saturated carbocycles. The van der Waals surface area contributed by atoms with Gasteiger partial charge in [-0.15, -0.1) is 0 Å². The third-order valence-electron chi connectivity index (χ3n) is 3.27. The highest BCUT2D eigenvalue weighted by atomic mass is 16.5. The Kier molecular flexibility index (Phi) is 3.02. The van der Waals surface area contributed by atoms with Crippen LogP contribution in [0.2, 0.25) is 0 Å². The van der Waals surface area contributed by atoms with E-state index in [1.54, 1.807) is 12.3 Å². The van der Waals surface area contributed by atoms with Crippen LogP contribution in [0, 0.1) is 0 Å². The Hall–Kier alpha value is -1.81. The van der Waals surface area contributed by atoms with Gasteiger partial charge in [0.05, 0.1) is 12.3 Å². The number of ether oxygens (including phenoxy) is 1. The van der Waals surface area contributed by atoms with Gasteiger partial charge in [-0.1, -0.05) is 11.2 Å². The number of benzene rings is 1. The molecule has 0 aliphatic heterocycles. The predicted octanol–water partition coefficient (Wildman–Crippen LogP) is 2.62. The van der Waals surface area contributed by atoms with E-state index in [4.69, 9.17) is 9.26 Å². The van der Waals surface area contributed by atoms with Gasteiger partial charge in [-0.05, 0) is 42.5 Å². The van der Waals surface area contributed by atoms with Crippen LogP contribution in [0.1, 0.15) is 35.8 Å². The Labute approximate surface area is 105 Å². The van der Waals surface area contributed by atoms with Crippen molar-refractivity contribution in [1.82, 2.24) is 5.16 Å². The number of aliphatic hydroxyl groups is 1. The molecule has 0 amide bonds. The number of fused-ring (bicyclic) bond motifs is 1. The number of aryl methyl sites for hydroxylation is 1. The summed E-state index contributed by atoms with van der Waals surface area (Å²) in [6.07, 6.45) is 4.15. The largest absolute Gasteiger partial charge is 0.486 e. The van der Waals surface area contributed by atoms with Gasteiger partial charge >= 0.3 is 0 Å². The lowest BCUT2D eigenvalue weighted by atomic mass is 9.89. The van der Waals surface area contributed by atoms with E-state index in [-0.39, 0.29) is 6.10 Å². The van der Waals surface area contributed by atoms with E-state index in [1.165, 1.54) is 5.56 Å². The van der Waals surface area contributed by atoms with E-state index in [0.29, 0.717) is 12.4 Å². The molecule has 1 aliphatic carbocycles. The molecule has 2 aromatic rings. The molecule has 1 heterocycles. The van der Waals surface area contributed by atoms with Gasteiger partial charge in [0, 0.05) is 6.07 Å². The molecule has 3 rings (SSSR count). The minimum atomic E-state index is -0.359. The zero-order chi connectivity index (χ0) is 12.4. The molecule has 1 N–H and O–H groups in total. The number of aromatic nitrogens is 1. The topological polar surface area (TPSA) is 55.5 Å². The monoisotopic (exact) mass is 245 g/mol. The molecule has 0 saturated heterocycles. The first-order chi connectivity index (χ1) is 8.83. The Morgan fingerprint density at radius 2 is 2.33 bits per heavy atom. The van der Waals surface area contributed by atoms with Crippen molar-refractivity contribution in [1.29, 1.82) is 0 Å². The van der Waals surface area contributed by atoms with Gasteiger partial charge in [-0.2, -0.15) is 0 Å². The summed E-state index contributed by atoms with van der Waals surface area (Å²) in [5, 5.41) is 13.6. The van der Waals surface area contributed by atoms with Gasteiger partial charge < -0.3 is 14.4 Å². The molecule has 0 fully saturated rings. The summed E-state index contributed by atoms with van der Waals surface area (Å²) in [7, 11) is 0. The summed E-state index contributed by atoms with van der Waals surface area (Å²) in [5.41, 5.74) is 2.22. The summed E-state index contributed by atoms with van der Waals surface area (Å²) in [6.45, 7) is 0.356. The van der Waals surface area contributed by atoms with E-state index in [1.807, 2.05) is 18.2 Å². The maximum absolute atomic E-state index is 9.95. The Bertz CT molecular complexity index is 522. The van der Waals surface area contributed by atoms with Crippen molar-refractivity contribution in [3.05, 3.63) is 47.3 Å². The van der Waals surface area contributed by atoms with Crippen molar-refractivity contribution in [3.63, 3.8) is 0 Å². The lowest BCUT2D eigenvalue weighted by Crippen LogP contribution is -2.09. The van der Waals surface area contributed by atoms with Crippen LogP contribution in [0.25, 0.3) is 0 Å². The number of hydrogen-bond donors (Lipinski definition) is 1. The molecule has 18 heavy (non-hydrogen) atoms. The maximum Gasteiger partial charge on any atom is 0.174 e. The summed E-state index contributed by atoms with van der Waals surface area (Å²) >= 11 is 0. The molecule has 94 valence electrons. The second kappa shape index (κ2) is 4.82. The van der Waals surface area contributed by atoms with E-state index >= 15 is 0 Å². The summed E-state index contributed by atoms with van der Waals surface area (Å²) < 4.78 is 10.6. The smallest absolute Gasteiger partial charge is 0.174 e. The molecule has 1 unspecified atom stereocenters. The van der Waals surface area contributed by atoms with Crippen LogP contribution in [-0.4, -0.2) is 10.3 Å². The van der Waals surface area contributed by atoms with Crippen molar-refractivity contribution >= 4 is 0 Å². The highest BCUT2D eigenvalue weighted by Crippen LogP contribution is 2.32. The normalized spacial score (nSPS) is 18.4. The van der Waals surface area contributed by atoms with E-state index in [2.05, 4.69) is 5.16 Å². The van der Waals surface area contributed by atoms with E-state index in [0.717, 1.165) is 30.6 Å². The zero-order valence-electron chi connectivity index (χ0n) is 10.0. The first-order valence-corrected chi connectivity index (χ1v) is 6.16. The zero-order valence-corrected chi connectivity index (χ0v) is 10.0. The number of rotatable bonds is 3. The second-order valence-electron chi connectivity index (χ2n) is 4.54. The van der Waals surface area contributed by atoms with Crippen LogP contribution >= 0.6 is 0 Å². The number of nitrogens with zero attached hydrogens (tertiary/aromatic N) is 1. The van der Waals surface area contributed by atoms with Crippen molar-refractivity contribution in [2.24, 2.45) is 0 Å². The summed E-state index contributed by atoms with van der Waals surface area (Å²) in [6, 6.07) is 7.67. The fourth-order valence-electron chi connectivity index (χ4n) is 2.31. The quantitative estimate of drug-likeness (QED) is 0.903. The van der Waals surface area contributed by atoms with Gasteiger partial charge in [0.2, 0.25) is 0 Å². The molecule has 0 radical (unpaired) electrons. The van der Waals surface area contributed by atoms with Crippen molar-refractivity contribution in [3.8, 4) is 5.75 Å². The van der Waals surface area contributed by atoms with Crippen molar-refractivity contribution < 1.29 is 14.4 Å². The van der Waals surface area contributed by atoms with E-state index in [9.17, 15) is 5.11 Å². The molecule has 0 spiro atoms.